The molecule has 1 aliphatic heterocycles. The lowest BCUT2D eigenvalue weighted by Gasteiger charge is -2.37. The molecule has 0 radical (unpaired) electrons. The van der Waals surface area contributed by atoms with E-state index in [0.717, 1.165) is 11.3 Å². The molecule has 0 unspecified atom stereocenters. The first kappa shape index (κ1) is 27.0. The number of rotatable bonds is 7. The van der Waals surface area contributed by atoms with Crippen LogP contribution in [0, 0.1) is 17.8 Å². The number of hydrogen-bond acceptors (Lipinski definition) is 7. The molecule has 2 amide bonds. The molecular weight excluding hydrogens is 462 g/mol. The van der Waals surface area contributed by atoms with Crippen molar-refractivity contribution in [3.05, 3.63) is 53.2 Å². The third kappa shape index (κ3) is 6.53. The summed E-state index contributed by atoms with van der Waals surface area (Å²) in [5.74, 6) is 6.43. The Hall–Kier alpha value is -3.61. The van der Waals surface area contributed by atoms with Crippen molar-refractivity contribution in [1.82, 2.24) is 14.8 Å². The number of likely N-dealkylation sites (N-methyl/N-ethyl adjacent to an activating group) is 1. The first-order valence-electron chi connectivity index (χ1n) is 11.7. The summed E-state index contributed by atoms with van der Waals surface area (Å²) < 4.78 is 16.3. The van der Waals surface area contributed by atoms with Crippen LogP contribution >= 0.6 is 0 Å². The quantitative estimate of drug-likeness (QED) is 0.585. The highest BCUT2D eigenvalue weighted by atomic mass is 16.5. The number of benzene rings is 1. The molecule has 192 valence electrons. The topological polar surface area (TPSA) is 101 Å². The van der Waals surface area contributed by atoms with Crippen LogP contribution in [0.5, 0.6) is 11.6 Å². The Morgan fingerprint density at radius 3 is 2.61 bits per heavy atom. The Kier molecular flexibility index (Phi) is 9.28. The second-order valence-electron chi connectivity index (χ2n) is 8.89. The number of methoxy groups -OCH3 is 2. The molecule has 1 aromatic carbocycles. The predicted molar refractivity (Wildman–Crippen MR) is 134 cm³/mol. The average Bonchev–Trinajstić information content (AvgIpc) is 2.89. The van der Waals surface area contributed by atoms with Gasteiger partial charge in [-0.1, -0.05) is 18.8 Å². The molecule has 0 bridgehead atoms. The minimum atomic E-state index is -0.431. The van der Waals surface area contributed by atoms with Crippen molar-refractivity contribution in [2.75, 3.05) is 47.6 Å². The Balaban J connectivity index is 1.95. The van der Waals surface area contributed by atoms with Gasteiger partial charge in [-0.3, -0.25) is 9.59 Å². The normalized spacial score (nSPS) is 18.1. The van der Waals surface area contributed by atoms with Crippen molar-refractivity contribution in [3.63, 3.8) is 0 Å². The number of aromatic nitrogens is 1. The fourth-order valence-electron chi connectivity index (χ4n) is 3.81. The molecule has 0 aliphatic carbocycles. The maximum absolute atomic E-state index is 13.5. The standard InChI is InChI=1S/C27H33N3O6/c1-18-14-30(19(2)16-31)27(33)23-12-21(7-6-20-8-10-22(35-5)11-9-20)13-28-26(23)36-24(18)15-29(3)25(32)17-34-4/h8-13,18-19,24,31H,14-17H2,1-5H3/t18-,19+,24-/m0/s1. The molecule has 1 N–H and O–H groups in total. The van der Waals surface area contributed by atoms with E-state index in [1.807, 2.05) is 31.2 Å². The van der Waals surface area contributed by atoms with E-state index in [-0.39, 0.29) is 42.4 Å². The van der Waals surface area contributed by atoms with E-state index in [4.69, 9.17) is 14.2 Å². The van der Waals surface area contributed by atoms with Gasteiger partial charge in [0, 0.05) is 43.9 Å². The SMILES string of the molecule is COCC(=O)N(C)C[C@@H]1Oc2ncc(C#Cc3ccc(OC)cc3)cc2C(=O)N([C@H](C)CO)C[C@@H]1C. The van der Waals surface area contributed by atoms with Crippen molar-refractivity contribution in [2.24, 2.45) is 5.92 Å². The van der Waals surface area contributed by atoms with E-state index in [2.05, 4.69) is 16.8 Å². The van der Waals surface area contributed by atoms with Gasteiger partial charge in [0.15, 0.2) is 0 Å². The second kappa shape index (κ2) is 12.4. The molecular formula is C27H33N3O6. The monoisotopic (exact) mass is 495 g/mol. The third-order valence-corrected chi connectivity index (χ3v) is 6.11. The third-order valence-electron chi connectivity index (χ3n) is 6.11. The van der Waals surface area contributed by atoms with Gasteiger partial charge in [0.25, 0.3) is 5.91 Å². The number of fused-ring (bicyclic) bond motifs is 1. The highest BCUT2D eigenvalue weighted by Crippen LogP contribution is 2.27. The fraction of sp³-hybridized carbons (Fsp3) is 0.444. The van der Waals surface area contributed by atoms with Crippen molar-refractivity contribution in [3.8, 4) is 23.5 Å². The summed E-state index contributed by atoms with van der Waals surface area (Å²) in [5, 5.41) is 9.81. The lowest BCUT2D eigenvalue weighted by Crippen LogP contribution is -2.50. The summed E-state index contributed by atoms with van der Waals surface area (Å²) in [7, 11) is 4.75. The molecule has 0 spiro atoms. The number of pyridine rings is 1. The lowest BCUT2D eigenvalue weighted by atomic mass is 10.00. The maximum atomic E-state index is 13.5. The van der Waals surface area contributed by atoms with Crippen molar-refractivity contribution >= 4 is 11.8 Å². The van der Waals surface area contributed by atoms with Crippen molar-refractivity contribution in [2.45, 2.75) is 26.0 Å². The van der Waals surface area contributed by atoms with Crippen LogP contribution in [0.15, 0.2) is 36.5 Å². The lowest BCUT2D eigenvalue weighted by molar-refractivity contribution is -0.135. The molecule has 9 nitrogen and oxygen atoms in total. The van der Waals surface area contributed by atoms with Gasteiger partial charge in [-0.15, -0.1) is 0 Å². The Morgan fingerprint density at radius 2 is 1.97 bits per heavy atom. The van der Waals surface area contributed by atoms with Crippen molar-refractivity contribution in [1.29, 1.82) is 0 Å². The molecule has 1 aliphatic rings. The number of aliphatic hydroxyl groups excluding tert-OH is 1. The Morgan fingerprint density at radius 1 is 1.28 bits per heavy atom. The molecule has 2 aromatic rings. The van der Waals surface area contributed by atoms with Gasteiger partial charge in [-0.05, 0) is 37.3 Å². The van der Waals surface area contributed by atoms with E-state index in [0.29, 0.717) is 18.7 Å². The zero-order valence-corrected chi connectivity index (χ0v) is 21.4. The number of carbonyl (C=O) groups excluding carboxylic acids is 2. The van der Waals surface area contributed by atoms with Gasteiger partial charge in [-0.2, -0.15) is 0 Å². The van der Waals surface area contributed by atoms with Crippen LogP contribution in [0.25, 0.3) is 0 Å². The summed E-state index contributed by atoms with van der Waals surface area (Å²) in [5.41, 5.74) is 1.61. The Labute approximate surface area is 212 Å². The molecule has 1 aromatic heterocycles. The number of ether oxygens (including phenoxy) is 3. The first-order valence-corrected chi connectivity index (χ1v) is 11.7. The molecule has 36 heavy (non-hydrogen) atoms. The van der Waals surface area contributed by atoms with E-state index in [1.54, 1.807) is 43.1 Å². The van der Waals surface area contributed by atoms with Crippen LogP contribution in [0.3, 0.4) is 0 Å². The van der Waals surface area contributed by atoms with Gasteiger partial charge in [0.2, 0.25) is 11.8 Å². The predicted octanol–water partition coefficient (Wildman–Crippen LogP) is 1.81. The van der Waals surface area contributed by atoms with Crippen LogP contribution in [0.1, 0.15) is 35.3 Å². The fourth-order valence-corrected chi connectivity index (χ4v) is 3.81. The van der Waals surface area contributed by atoms with Gasteiger partial charge < -0.3 is 29.1 Å². The number of amides is 2. The zero-order chi connectivity index (χ0) is 26.2. The molecule has 3 atom stereocenters. The van der Waals surface area contributed by atoms with Gasteiger partial charge >= 0.3 is 0 Å². The van der Waals surface area contributed by atoms with E-state index in [1.165, 1.54) is 7.11 Å². The number of carbonyl (C=O) groups is 2. The molecule has 2 heterocycles. The van der Waals surface area contributed by atoms with Crippen LogP contribution in [-0.4, -0.2) is 91.4 Å². The highest BCUT2D eigenvalue weighted by Gasteiger charge is 2.34. The van der Waals surface area contributed by atoms with Gasteiger partial charge in [-0.25, -0.2) is 4.98 Å². The summed E-state index contributed by atoms with van der Waals surface area (Å²) in [6, 6.07) is 8.59. The minimum absolute atomic E-state index is 0.0329. The van der Waals surface area contributed by atoms with E-state index in [9.17, 15) is 14.7 Å². The van der Waals surface area contributed by atoms with Crippen LogP contribution in [0.4, 0.5) is 0 Å². The van der Waals surface area contributed by atoms with E-state index >= 15 is 0 Å². The van der Waals surface area contributed by atoms with Crippen molar-refractivity contribution < 1.29 is 28.9 Å². The van der Waals surface area contributed by atoms with Crippen LogP contribution in [0.2, 0.25) is 0 Å². The zero-order valence-electron chi connectivity index (χ0n) is 21.4. The summed E-state index contributed by atoms with van der Waals surface area (Å²) >= 11 is 0. The van der Waals surface area contributed by atoms with Gasteiger partial charge in [0.05, 0.1) is 26.3 Å². The first-order chi connectivity index (χ1) is 17.3. The van der Waals surface area contributed by atoms with Gasteiger partial charge in [0.1, 0.15) is 24.0 Å². The Bertz CT molecular complexity index is 1120. The van der Waals surface area contributed by atoms with Crippen LogP contribution < -0.4 is 9.47 Å². The number of aliphatic hydroxyl groups is 1. The molecule has 9 heteroatoms. The van der Waals surface area contributed by atoms with E-state index < -0.39 is 12.1 Å². The summed E-state index contributed by atoms with van der Waals surface area (Å²) in [6.07, 6.45) is 1.13. The minimum Gasteiger partial charge on any atom is -0.497 e. The average molecular weight is 496 g/mol. The molecule has 0 saturated carbocycles. The number of hydrogen-bond donors (Lipinski definition) is 1. The maximum Gasteiger partial charge on any atom is 0.259 e. The summed E-state index contributed by atoms with van der Waals surface area (Å²) in [6.45, 7) is 4.16. The second-order valence-corrected chi connectivity index (χ2v) is 8.89. The smallest absolute Gasteiger partial charge is 0.259 e. The van der Waals surface area contributed by atoms with Crippen LogP contribution in [-0.2, 0) is 9.53 Å². The molecule has 0 fully saturated rings. The molecule has 0 saturated heterocycles. The summed E-state index contributed by atoms with van der Waals surface area (Å²) in [4.78, 5) is 33.4. The molecule has 3 rings (SSSR count). The number of nitrogens with zero attached hydrogens (tertiary/aromatic N) is 3. The largest absolute Gasteiger partial charge is 0.497 e. The highest BCUT2D eigenvalue weighted by molar-refractivity contribution is 5.97.